The summed E-state index contributed by atoms with van der Waals surface area (Å²) in [6, 6.07) is 8.28. The molecule has 7 nitrogen and oxygen atoms in total. The molecule has 0 saturated heterocycles. The Balaban J connectivity index is 1.99. The van der Waals surface area contributed by atoms with Gasteiger partial charge in [-0.2, -0.15) is 0 Å². The minimum absolute atomic E-state index is 0.0102. The van der Waals surface area contributed by atoms with Gasteiger partial charge in [-0.25, -0.2) is 18.0 Å². The lowest BCUT2D eigenvalue weighted by molar-refractivity contribution is 0.0438. The van der Waals surface area contributed by atoms with Crippen molar-refractivity contribution in [2.75, 3.05) is 13.4 Å². The van der Waals surface area contributed by atoms with Crippen LogP contribution in [0, 0.1) is 0 Å². The van der Waals surface area contributed by atoms with Gasteiger partial charge in [0.25, 0.3) is 0 Å². The van der Waals surface area contributed by atoms with Crippen LogP contribution in [0.2, 0.25) is 0 Å². The quantitative estimate of drug-likeness (QED) is 0.767. The molecule has 0 saturated carbocycles. The smallest absolute Gasteiger partial charge is 0.373 e. The van der Waals surface area contributed by atoms with Gasteiger partial charge in [-0.05, 0) is 36.4 Å². The average molecular weight is 338 g/mol. The van der Waals surface area contributed by atoms with Gasteiger partial charge in [0.15, 0.2) is 9.84 Å². The van der Waals surface area contributed by atoms with Crippen LogP contribution in [0.1, 0.15) is 26.7 Å². The summed E-state index contributed by atoms with van der Waals surface area (Å²) in [4.78, 5) is 23.2. The van der Waals surface area contributed by atoms with Crippen molar-refractivity contribution in [3.8, 4) is 0 Å². The zero-order chi connectivity index (χ0) is 17.0. The first-order valence-corrected chi connectivity index (χ1v) is 8.34. The lowest BCUT2D eigenvalue weighted by Gasteiger charge is -2.04. The molecule has 0 aliphatic rings. The molecule has 0 N–H and O–H groups in total. The van der Waals surface area contributed by atoms with Crippen LogP contribution in [-0.2, 0) is 25.9 Å². The first kappa shape index (κ1) is 16.8. The highest BCUT2D eigenvalue weighted by atomic mass is 32.2. The Hall–Kier alpha value is -2.61. The van der Waals surface area contributed by atoms with E-state index >= 15 is 0 Å². The monoisotopic (exact) mass is 338 g/mol. The maximum atomic E-state index is 11.9. The fraction of sp³-hybridized carbons (Fsp3) is 0.200. The molecule has 0 aliphatic heterocycles. The Bertz CT molecular complexity index is 816. The van der Waals surface area contributed by atoms with Crippen molar-refractivity contribution in [3.05, 3.63) is 53.5 Å². The van der Waals surface area contributed by atoms with E-state index in [0.29, 0.717) is 0 Å². The number of carbonyl (C=O) groups is 2. The van der Waals surface area contributed by atoms with Gasteiger partial charge in [0.05, 0.1) is 17.6 Å². The molecule has 1 aromatic carbocycles. The number of ether oxygens (including phenoxy) is 2. The minimum Gasteiger partial charge on any atom is -0.463 e. The number of sulfone groups is 1. The van der Waals surface area contributed by atoms with Crippen molar-refractivity contribution in [1.29, 1.82) is 0 Å². The standard InChI is InChI=1S/C15H14O7S/c1-20-15(17)13-8-5-11(22-13)9-21-14(16)10-3-6-12(7-4-10)23(2,18)19/h3-8H,9H2,1-2H3. The second-order valence-corrected chi connectivity index (χ2v) is 6.65. The van der Waals surface area contributed by atoms with Gasteiger partial charge >= 0.3 is 11.9 Å². The Kier molecular flexibility index (Phi) is 4.85. The highest BCUT2D eigenvalue weighted by Crippen LogP contribution is 2.14. The summed E-state index contributed by atoms with van der Waals surface area (Å²) in [5, 5.41) is 0. The molecular formula is C15H14O7S. The van der Waals surface area contributed by atoms with Crippen molar-refractivity contribution >= 4 is 21.8 Å². The van der Waals surface area contributed by atoms with Crippen molar-refractivity contribution in [2.45, 2.75) is 11.5 Å². The van der Waals surface area contributed by atoms with Crippen molar-refractivity contribution < 1.29 is 31.9 Å². The average Bonchev–Trinajstić information content (AvgIpc) is 3.00. The molecule has 0 fully saturated rings. The van der Waals surface area contributed by atoms with E-state index in [1.54, 1.807) is 0 Å². The second kappa shape index (κ2) is 6.66. The molecule has 0 amide bonds. The van der Waals surface area contributed by atoms with E-state index in [1.807, 2.05) is 0 Å². The number of esters is 2. The minimum atomic E-state index is -3.32. The van der Waals surface area contributed by atoms with Gasteiger partial charge in [0.2, 0.25) is 5.76 Å². The van der Waals surface area contributed by atoms with Crippen LogP contribution in [0.25, 0.3) is 0 Å². The number of furan rings is 1. The molecule has 23 heavy (non-hydrogen) atoms. The number of carbonyl (C=O) groups excluding carboxylic acids is 2. The maximum absolute atomic E-state index is 11.9. The van der Waals surface area contributed by atoms with Gasteiger partial charge < -0.3 is 13.9 Å². The fourth-order valence-corrected chi connectivity index (χ4v) is 2.35. The highest BCUT2D eigenvalue weighted by molar-refractivity contribution is 7.90. The zero-order valence-corrected chi connectivity index (χ0v) is 13.3. The van der Waals surface area contributed by atoms with E-state index in [9.17, 15) is 18.0 Å². The number of rotatable bonds is 5. The summed E-state index contributed by atoms with van der Waals surface area (Å²) >= 11 is 0. The van der Waals surface area contributed by atoms with E-state index in [4.69, 9.17) is 9.15 Å². The zero-order valence-electron chi connectivity index (χ0n) is 12.4. The van der Waals surface area contributed by atoms with E-state index in [0.717, 1.165) is 6.26 Å². The Labute approximate surface area is 132 Å². The van der Waals surface area contributed by atoms with Crippen LogP contribution in [0.3, 0.4) is 0 Å². The molecule has 2 aromatic rings. The third-order valence-corrected chi connectivity index (χ3v) is 4.04. The van der Waals surface area contributed by atoms with Crippen LogP contribution < -0.4 is 0 Å². The van der Waals surface area contributed by atoms with Crippen LogP contribution in [0.5, 0.6) is 0 Å². The van der Waals surface area contributed by atoms with Gasteiger partial charge in [0, 0.05) is 6.26 Å². The number of benzene rings is 1. The highest BCUT2D eigenvalue weighted by Gasteiger charge is 2.14. The molecule has 0 spiro atoms. The lowest BCUT2D eigenvalue weighted by atomic mass is 10.2. The Morgan fingerprint density at radius 1 is 1.04 bits per heavy atom. The molecular weight excluding hydrogens is 324 g/mol. The molecule has 0 atom stereocenters. The number of hydrogen-bond acceptors (Lipinski definition) is 7. The van der Waals surface area contributed by atoms with E-state index in [2.05, 4.69) is 4.74 Å². The third kappa shape index (κ3) is 4.19. The van der Waals surface area contributed by atoms with Gasteiger partial charge in [0.1, 0.15) is 12.4 Å². The predicted octanol–water partition coefficient (Wildman–Crippen LogP) is 1.83. The molecule has 122 valence electrons. The van der Waals surface area contributed by atoms with E-state index in [1.165, 1.54) is 43.5 Å². The van der Waals surface area contributed by atoms with Gasteiger partial charge in [-0.15, -0.1) is 0 Å². The summed E-state index contributed by atoms with van der Waals surface area (Å²) < 4.78 is 37.4. The molecule has 2 rings (SSSR count). The van der Waals surface area contributed by atoms with Crippen molar-refractivity contribution in [3.63, 3.8) is 0 Å². The SMILES string of the molecule is COC(=O)c1ccc(COC(=O)c2ccc(S(C)(=O)=O)cc2)o1. The topological polar surface area (TPSA) is 99.9 Å². The largest absolute Gasteiger partial charge is 0.463 e. The Morgan fingerprint density at radius 3 is 2.26 bits per heavy atom. The van der Waals surface area contributed by atoms with Crippen molar-refractivity contribution in [1.82, 2.24) is 0 Å². The van der Waals surface area contributed by atoms with E-state index in [-0.39, 0.29) is 28.6 Å². The molecule has 1 aromatic heterocycles. The summed E-state index contributed by atoms with van der Waals surface area (Å²) in [6.07, 6.45) is 1.08. The Morgan fingerprint density at radius 2 is 1.70 bits per heavy atom. The van der Waals surface area contributed by atoms with Crippen LogP contribution in [-0.4, -0.2) is 33.7 Å². The predicted molar refractivity (Wildman–Crippen MR) is 78.7 cm³/mol. The molecule has 0 bridgehead atoms. The summed E-state index contributed by atoms with van der Waals surface area (Å²) in [7, 11) is -2.09. The maximum Gasteiger partial charge on any atom is 0.373 e. The fourth-order valence-electron chi connectivity index (χ4n) is 1.72. The van der Waals surface area contributed by atoms with Crippen LogP contribution in [0.4, 0.5) is 0 Å². The lowest BCUT2D eigenvalue weighted by Crippen LogP contribution is -2.06. The van der Waals surface area contributed by atoms with Crippen LogP contribution >= 0.6 is 0 Å². The molecule has 8 heteroatoms. The summed E-state index contributed by atoms with van der Waals surface area (Å²) in [5.41, 5.74) is 0.206. The van der Waals surface area contributed by atoms with Crippen molar-refractivity contribution in [2.24, 2.45) is 0 Å². The molecule has 0 aliphatic carbocycles. The summed E-state index contributed by atoms with van der Waals surface area (Å²) in [5.74, 6) is -0.970. The molecule has 1 heterocycles. The first-order chi connectivity index (χ1) is 10.8. The second-order valence-electron chi connectivity index (χ2n) is 4.63. The normalized spacial score (nSPS) is 11.0. The van der Waals surface area contributed by atoms with Gasteiger partial charge in [-0.3, -0.25) is 0 Å². The molecule has 0 unspecified atom stereocenters. The van der Waals surface area contributed by atoms with E-state index < -0.39 is 21.8 Å². The van der Waals surface area contributed by atoms with Crippen LogP contribution in [0.15, 0.2) is 45.7 Å². The first-order valence-electron chi connectivity index (χ1n) is 6.45. The third-order valence-electron chi connectivity index (χ3n) is 2.91. The number of methoxy groups -OCH3 is 1. The summed E-state index contributed by atoms with van der Waals surface area (Å²) in [6.45, 7) is -0.163. The molecule has 0 radical (unpaired) electrons. The van der Waals surface area contributed by atoms with Gasteiger partial charge in [-0.1, -0.05) is 0 Å². The number of hydrogen-bond donors (Lipinski definition) is 0.